The molecule has 198 valence electrons. The van der Waals surface area contributed by atoms with Gasteiger partial charge in [0.1, 0.15) is 0 Å². The van der Waals surface area contributed by atoms with Crippen LogP contribution >= 0.6 is 0 Å². The average molecular weight is 527 g/mol. The predicted molar refractivity (Wildman–Crippen MR) is 140 cm³/mol. The summed E-state index contributed by atoms with van der Waals surface area (Å²) in [7, 11) is -4.03. The van der Waals surface area contributed by atoms with Crippen molar-refractivity contribution in [1.29, 1.82) is 0 Å². The van der Waals surface area contributed by atoms with Gasteiger partial charge in [0, 0.05) is 49.5 Å². The molecule has 0 bridgehead atoms. The maximum Gasteiger partial charge on any atom is 0.265 e. The topological polar surface area (TPSA) is 119 Å². The lowest BCUT2D eigenvalue weighted by Gasteiger charge is -2.39. The van der Waals surface area contributed by atoms with Crippen molar-refractivity contribution in [1.82, 2.24) is 10.4 Å². The number of anilines is 2. The number of hydroxylamine groups is 1. The number of sulfone groups is 1. The minimum atomic E-state index is -4.03. The molecule has 2 saturated heterocycles. The molecule has 2 heterocycles. The van der Waals surface area contributed by atoms with E-state index in [1.807, 2.05) is 30.3 Å². The van der Waals surface area contributed by atoms with Crippen molar-refractivity contribution >= 4 is 33.0 Å². The van der Waals surface area contributed by atoms with Gasteiger partial charge in [-0.25, -0.2) is 13.9 Å². The molecule has 1 saturated carbocycles. The zero-order chi connectivity index (χ0) is 26.0. The molecule has 5 rings (SSSR count). The summed E-state index contributed by atoms with van der Waals surface area (Å²) in [6.45, 7) is 2.41. The summed E-state index contributed by atoms with van der Waals surface area (Å²) in [5, 5.41) is 12.4. The van der Waals surface area contributed by atoms with E-state index in [1.54, 1.807) is 29.7 Å². The van der Waals surface area contributed by atoms with Gasteiger partial charge in [-0.3, -0.25) is 14.8 Å². The number of hydrogen-bond donors (Lipinski definition) is 3. The molecule has 3 N–H and O–H groups in total. The van der Waals surface area contributed by atoms with Crippen molar-refractivity contribution in [3.05, 3.63) is 54.6 Å². The highest BCUT2D eigenvalue weighted by Gasteiger charge is 2.54. The SMILES string of the molecule is O=C(Nc1ccccc1)C1CCN(c2ccc(S(=O)(=O)C3(C(=O)NO)CCN(C4CC4)CC3)cc2)CC1. The number of nitrogens with zero attached hydrogens (tertiary/aromatic N) is 2. The van der Waals surface area contributed by atoms with Crippen LogP contribution in [0.4, 0.5) is 11.4 Å². The van der Waals surface area contributed by atoms with Crippen molar-refractivity contribution in [2.45, 2.75) is 54.2 Å². The molecule has 3 fully saturated rings. The fraction of sp³-hybridized carbons (Fsp3) is 0.481. The van der Waals surface area contributed by atoms with Crippen LogP contribution in [0.3, 0.4) is 0 Å². The Labute approximate surface area is 217 Å². The number of benzene rings is 2. The standard InChI is InChI=1S/C27H34N4O5S/c32-25(28-21-4-2-1-3-5-21)20-12-16-30(17-13-20)23-8-10-24(11-9-23)37(35,36)27(26(33)29-34)14-18-31(19-15-27)22-6-7-22/h1-5,8-11,20,22,34H,6-7,12-19H2,(H,28,32)(H,29,33). The van der Waals surface area contributed by atoms with E-state index in [1.165, 1.54) is 0 Å². The van der Waals surface area contributed by atoms with Crippen molar-refractivity contribution in [3.63, 3.8) is 0 Å². The maximum absolute atomic E-state index is 13.7. The quantitative estimate of drug-likeness (QED) is 0.375. The molecule has 37 heavy (non-hydrogen) atoms. The van der Waals surface area contributed by atoms with Crippen LogP contribution < -0.4 is 15.7 Å². The second kappa shape index (κ2) is 10.4. The minimum absolute atomic E-state index is 0.0208. The van der Waals surface area contributed by atoms with Crippen LogP contribution in [0.15, 0.2) is 59.5 Å². The van der Waals surface area contributed by atoms with Crippen LogP contribution in [0.2, 0.25) is 0 Å². The summed E-state index contributed by atoms with van der Waals surface area (Å²) >= 11 is 0. The summed E-state index contributed by atoms with van der Waals surface area (Å²) in [5.74, 6) is -0.912. The van der Waals surface area contributed by atoms with Crippen LogP contribution in [-0.4, -0.2) is 67.3 Å². The molecular weight excluding hydrogens is 492 g/mol. The van der Waals surface area contributed by atoms with E-state index in [0.29, 0.717) is 45.1 Å². The maximum atomic E-state index is 13.7. The van der Waals surface area contributed by atoms with E-state index < -0.39 is 20.5 Å². The van der Waals surface area contributed by atoms with E-state index in [0.717, 1.165) is 24.2 Å². The van der Waals surface area contributed by atoms with Crippen LogP contribution in [-0.2, 0) is 19.4 Å². The first-order valence-electron chi connectivity index (χ1n) is 13.0. The Morgan fingerprint density at radius 2 is 1.49 bits per heavy atom. The van der Waals surface area contributed by atoms with Gasteiger partial charge >= 0.3 is 0 Å². The van der Waals surface area contributed by atoms with Crippen LogP contribution in [0, 0.1) is 5.92 Å². The molecule has 2 aliphatic heterocycles. The molecule has 0 radical (unpaired) electrons. The number of rotatable bonds is 7. The first-order chi connectivity index (χ1) is 17.8. The fourth-order valence-corrected chi connectivity index (χ4v) is 7.59. The largest absolute Gasteiger partial charge is 0.371 e. The highest BCUT2D eigenvalue weighted by atomic mass is 32.2. The Hall–Kier alpha value is -2.95. The second-order valence-electron chi connectivity index (χ2n) is 10.3. The van der Waals surface area contributed by atoms with Crippen molar-refractivity contribution in [2.24, 2.45) is 5.92 Å². The third-order valence-electron chi connectivity index (χ3n) is 8.12. The van der Waals surface area contributed by atoms with Gasteiger partial charge < -0.3 is 15.1 Å². The Bertz CT molecular complexity index is 1220. The predicted octanol–water partition coefficient (Wildman–Crippen LogP) is 2.82. The number of likely N-dealkylation sites (tertiary alicyclic amines) is 1. The van der Waals surface area contributed by atoms with Crippen LogP contribution in [0.5, 0.6) is 0 Å². The number of carbonyl (C=O) groups excluding carboxylic acids is 2. The van der Waals surface area contributed by atoms with Gasteiger partial charge in [0.2, 0.25) is 5.91 Å². The highest BCUT2D eigenvalue weighted by Crippen LogP contribution is 2.39. The molecule has 0 spiro atoms. The number of amides is 2. The van der Waals surface area contributed by atoms with Crippen molar-refractivity contribution in [2.75, 3.05) is 36.4 Å². The van der Waals surface area contributed by atoms with E-state index >= 15 is 0 Å². The van der Waals surface area contributed by atoms with Gasteiger partial charge in [-0.1, -0.05) is 18.2 Å². The van der Waals surface area contributed by atoms with Gasteiger partial charge in [-0.05, 0) is 74.9 Å². The van der Waals surface area contributed by atoms with E-state index in [2.05, 4.69) is 15.1 Å². The number of piperidine rings is 2. The lowest BCUT2D eigenvalue weighted by molar-refractivity contribution is -0.133. The average Bonchev–Trinajstić information content (AvgIpc) is 3.79. The van der Waals surface area contributed by atoms with E-state index in [4.69, 9.17) is 0 Å². The third kappa shape index (κ3) is 5.10. The Morgan fingerprint density at radius 3 is 2.05 bits per heavy atom. The lowest BCUT2D eigenvalue weighted by atomic mass is 9.94. The summed E-state index contributed by atoms with van der Waals surface area (Å²) in [6.07, 6.45) is 3.94. The summed E-state index contributed by atoms with van der Waals surface area (Å²) in [5.41, 5.74) is 3.29. The molecule has 0 aromatic heterocycles. The van der Waals surface area contributed by atoms with Gasteiger partial charge in [-0.15, -0.1) is 0 Å². The molecule has 9 nitrogen and oxygen atoms in total. The van der Waals surface area contributed by atoms with E-state index in [9.17, 15) is 23.2 Å². The zero-order valence-electron chi connectivity index (χ0n) is 20.8. The summed E-state index contributed by atoms with van der Waals surface area (Å²) < 4.78 is 25.7. The molecule has 0 atom stereocenters. The molecule has 0 unspecified atom stereocenters. The Kier molecular flexibility index (Phi) is 7.24. The van der Waals surface area contributed by atoms with Crippen LogP contribution in [0.25, 0.3) is 0 Å². The number of hydrogen-bond acceptors (Lipinski definition) is 7. The molecule has 2 amide bonds. The number of para-hydroxylation sites is 1. The van der Waals surface area contributed by atoms with E-state index in [-0.39, 0.29) is 29.6 Å². The molecule has 10 heteroatoms. The first kappa shape index (κ1) is 25.7. The highest BCUT2D eigenvalue weighted by molar-refractivity contribution is 7.93. The lowest BCUT2D eigenvalue weighted by Crippen LogP contribution is -2.58. The number of nitrogens with one attached hydrogen (secondary N) is 2. The normalized spacial score (nSPS) is 20.8. The molecular formula is C27H34N4O5S. The van der Waals surface area contributed by atoms with Gasteiger partial charge in [-0.2, -0.15) is 0 Å². The summed E-state index contributed by atoms with van der Waals surface area (Å²) in [6, 6.07) is 16.5. The first-order valence-corrected chi connectivity index (χ1v) is 14.5. The van der Waals surface area contributed by atoms with Gasteiger partial charge in [0.25, 0.3) is 5.91 Å². The third-order valence-corrected chi connectivity index (χ3v) is 10.6. The monoisotopic (exact) mass is 526 g/mol. The molecule has 2 aromatic carbocycles. The van der Waals surface area contributed by atoms with Crippen molar-refractivity contribution in [3.8, 4) is 0 Å². The van der Waals surface area contributed by atoms with Gasteiger partial charge in [0.15, 0.2) is 14.6 Å². The zero-order valence-corrected chi connectivity index (χ0v) is 21.6. The molecule has 2 aromatic rings. The molecule has 3 aliphatic rings. The number of carbonyl (C=O) groups is 2. The second-order valence-corrected chi connectivity index (χ2v) is 12.6. The van der Waals surface area contributed by atoms with Crippen LogP contribution in [0.1, 0.15) is 38.5 Å². The van der Waals surface area contributed by atoms with Gasteiger partial charge in [0.05, 0.1) is 4.90 Å². The summed E-state index contributed by atoms with van der Waals surface area (Å²) in [4.78, 5) is 29.8. The smallest absolute Gasteiger partial charge is 0.265 e. The fourth-order valence-electron chi connectivity index (χ4n) is 5.64. The van der Waals surface area contributed by atoms with Crippen molar-refractivity contribution < 1.29 is 23.2 Å². The Balaban J connectivity index is 1.24. The minimum Gasteiger partial charge on any atom is -0.371 e. The molecule has 1 aliphatic carbocycles. The Morgan fingerprint density at radius 1 is 0.865 bits per heavy atom.